The Bertz CT molecular complexity index is 512. The number of amides is 2. The molecule has 7 heteroatoms. The van der Waals surface area contributed by atoms with Crippen LogP contribution in [0, 0.1) is 0 Å². The molecule has 0 fully saturated rings. The van der Waals surface area contributed by atoms with E-state index >= 15 is 0 Å². The highest BCUT2D eigenvalue weighted by Crippen LogP contribution is 2.35. The highest BCUT2D eigenvalue weighted by molar-refractivity contribution is 9.10. The van der Waals surface area contributed by atoms with E-state index in [-0.39, 0.29) is 18.3 Å². The predicted molar refractivity (Wildman–Crippen MR) is 93.5 cm³/mol. The molecule has 1 unspecified atom stereocenters. The van der Waals surface area contributed by atoms with E-state index in [1.807, 2.05) is 27.7 Å². The molecular formula is C15H22BrClN2O3. The van der Waals surface area contributed by atoms with Gasteiger partial charge in [-0.2, -0.15) is 0 Å². The monoisotopic (exact) mass is 392 g/mol. The van der Waals surface area contributed by atoms with Gasteiger partial charge in [-0.1, -0.05) is 43.6 Å². The van der Waals surface area contributed by atoms with Gasteiger partial charge in [-0.15, -0.1) is 11.6 Å². The Morgan fingerprint density at radius 1 is 1.36 bits per heavy atom. The summed E-state index contributed by atoms with van der Waals surface area (Å²) in [5.74, 6) is -0.651. The maximum atomic E-state index is 11.8. The van der Waals surface area contributed by atoms with Crippen molar-refractivity contribution in [2.24, 2.45) is 5.73 Å². The molecule has 0 bridgehead atoms. The average Bonchev–Trinajstić information content (AvgIpc) is 2.56. The first-order valence-corrected chi connectivity index (χ1v) is 8.47. The van der Waals surface area contributed by atoms with Crippen molar-refractivity contribution in [2.75, 3.05) is 17.3 Å². The molecule has 0 aromatic heterocycles. The van der Waals surface area contributed by atoms with E-state index in [4.69, 9.17) is 22.1 Å². The van der Waals surface area contributed by atoms with Crippen molar-refractivity contribution in [3.63, 3.8) is 0 Å². The number of nitrogens with two attached hydrogens (primary N) is 1. The van der Waals surface area contributed by atoms with E-state index in [9.17, 15) is 9.59 Å². The van der Waals surface area contributed by atoms with Gasteiger partial charge >= 0.3 is 0 Å². The summed E-state index contributed by atoms with van der Waals surface area (Å²) in [5, 5.41) is 0. The summed E-state index contributed by atoms with van der Waals surface area (Å²) in [5.41, 5.74) is 5.80. The second kappa shape index (κ2) is 10.5. The molecule has 1 aromatic carbocycles. The summed E-state index contributed by atoms with van der Waals surface area (Å²) in [6.07, 6.45) is -0.862. The number of ether oxygens (including phenoxy) is 1. The van der Waals surface area contributed by atoms with Crippen LogP contribution in [-0.2, 0) is 9.59 Å². The van der Waals surface area contributed by atoms with Crippen LogP contribution in [0.5, 0.6) is 5.75 Å². The minimum Gasteiger partial charge on any atom is -0.476 e. The quantitative estimate of drug-likeness (QED) is 0.783. The third kappa shape index (κ3) is 5.18. The zero-order valence-electron chi connectivity index (χ0n) is 13.2. The van der Waals surface area contributed by atoms with Gasteiger partial charge in [0.1, 0.15) is 11.6 Å². The van der Waals surface area contributed by atoms with Crippen molar-refractivity contribution in [3.05, 3.63) is 22.7 Å². The van der Waals surface area contributed by atoms with Crippen LogP contribution < -0.4 is 15.4 Å². The van der Waals surface area contributed by atoms with Gasteiger partial charge in [-0.3, -0.25) is 9.59 Å². The van der Waals surface area contributed by atoms with Crippen LogP contribution in [0.2, 0.25) is 0 Å². The lowest BCUT2D eigenvalue weighted by atomic mass is 10.2. The topological polar surface area (TPSA) is 72.6 Å². The molecule has 0 radical (unpaired) electrons. The maximum absolute atomic E-state index is 11.8. The van der Waals surface area contributed by atoms with Crippen LogP contribution >= 0.6 is 27.5 Å². The Labute approximate surface area is 144 Å². The molecule has 2 amide bonds. The number of rotatable bonds is 2. The number of alkyl halides is 1. The van der Waals surface area contributed by atoms with Gasteiger partial charge in [0.25, 0.3) is 5.91 Å². The largest absolute Gasteiger partial charge is 0.476 e. The molecule has 1 atom stereocenters. The van der Waals surface area contributed by atoms with Gasteiger partial charge < -0.3 is 15.4 Å². The van der Waals surface area contributed by atoms with Gasteiger partial charge in [-0.05, 0) is 18.2 Å². The Kier molecular flexibility index (Phi) is 9.85. The Morgan fingerprint density at radius 2 is 1.95 bits per heavy atom. The molecule has 22 heavy (non-hydrogen) atoms. The average molecular weight is 394 g/mol. The normalized spacial score (nSPS) is 15.2. The van der Waals surface area contributed by atoms with Crippen molar-refractivity contribution in [3.8, 4) is 5.75 Å². The van der Waals surface area contributed by atoms with E-state index in [0.717, 1.165) is 4.47 Å². The zero-order chi connectivity index (χ0) is 17.3. The van der Waals surface area contributed by atoms with Gasteiger partial charge in [0.05, 0.1) is 12.2 Å². The first kappa shape index (κ1) is 20.7. The Hall–Kier alpha value is -1.27. The molecule has 124 valence electrons. The molecule has 0 saturated carbocycles. The molecule has 1 heterocycles. The highest BCUT2D eigenvalue weighted by Gasteiger charge is 2.32. The third-order valence-corrected chi connectivity index (χ3v) is 3.28. The summed E-state index contributed by atoms with van der Waals surface area (Å²) in [7, 11) is 0. The minimum atomic E-state index is -0.862. The number of fused-ring (bicyclic) bond motifs is 1. The van der Waals surface area contributed by atoms with Crippen LogP contribution in [0.25, 0.3) is 0 Å². The fourth-order valence-corrected chi connectivity index (χ4v) is 2.20. The van der Waals surface area contributed by atoms with Crippen LogP contribution in [-0.4, -0.2) is 30.3 Å². The number of hydrogen-bond acceptors (Lipinski definition) is 3. The lowest BCUT2D eigenvalue weighted by molar-refractivity contribution is -0.125. The van der Waals surface area contributed by atoms with Gasteiger partial charge in [0, 0.05) is 4.47 Å². The van der Waals surface area contributed by atoms with Gasteiger partial charge in [0.15, 0.2) is 6.10 Å². The SMILES string of the molecule is CC.CC.NC(=O)C1CN(C(=O)CCl)c2ccc(Br)cc2O1. The summed E-state index contributed by atoms with van der Waals surface area (Å²) < 4.78 is 6.24. The highest BCUT2D eigenvalue weighted by atomic mass is 79.9. The van der Waals surface area contributed by atoms with Crippen LogP contribution in [0.4, 0.5) is 5.69 Å². The molecule has 1 aliphatic rings. The fourth-order valence-electron chi connectivity index (χ4n) is 1.72. The number of hydrogen-bond donors (Lipinski definition) is 1. The third-order valence-electron chi connectivity index (χ3n) is 2.56. The second-order valence-corrected chi connectivity index (χ2v) is 4.94. The van der Waals surface area contributed by atoms with E-state index in [1.165, 1.54) is 4.90 Å². The van der Waals surface area contributed by atoms with Crippen LogP contribution in [0.15, 0.2) is 22.7 Å². The lowest BCUT2D eigenvalue weighted by Gasteiger charge is -2.33. The molecular weight excluding hydrogens is 372 g/mol. The summed E-state index contributed by atoms with van der Waals surface area (Å²) in [4.78, 5) is 24.4. The summed E-state index contributed by atoms with van der Waals surface area (Å²) in [6, 6.07) is 5.18. The predicted octanol–water partition coefficient (Wildman–Crippen LogP) is 3.32. The first-order chi connectivity index (χ1) is 10.5. The number of primary amides is 1. The van der Waals surface area contributed by atoms with E-state index in [2.05, 4.69) is 15.9 Å². The van der Waals surface area contributed by atoms with Crippen molar-refractivity contribution in [2.45, 2.75) is 33.8 Å². The molecule has 1 aromatic rings. The fraction of sp³-hybridized carbons (Fsp3) is 0.467. The van der Waals surface area contributed by atoms with Crippen molar-refractivity contribution in [1.82, 2.24) is 0 Å². The molecule has 5 nitrogen and oxygen atoms in total. The standard InChI is InChI=1S/C11H10BrClN2O3.2C2H6/c12-6-1-2-7-8(3-6)18-9(11(14)17)5-15(7)10(16)4-13;2*1-2/h1-3,9H,4-5H2,(H2,14,17);2*1-2H3. The molecule has 1 aliphatic heterocycles. The van der Waals surface area contributed by atoms with E-state index < -0.39 is 12.0 Å². The first-order valence-electron chi connectivity index (χ1n) is 7.14. The van der Waals surface area contributed by atoms with Gasteiger partial charge in [-0.25, -0.2) is 0 Å². The van der Waals surface area contributed by atoms with Crippen molar-refractivity contribution >= 4 is 45.0 Å². The van der Waals surface area contributed by atoms with Crippen molar-refractivity contribution in [1.29, 1.82) is 0 Å². The molecule has 2 N–H and O–H groups in total. The Balaban J connectivity index is 0.00000102. The number of carbonyl (C=O) groups excluding carboxylic acids is 2. The molecule has 0 spiro atoms. The molecule has 0 saturated heterocycles. The smallest absolute Gasteiger partial charge is 0.260 e. The van der Waals surface area contributed by atoms with Crippen molar-refractivity contribution < 1.29 is 14.3 Å². The number of anilines is 1. The summed E-state index contributed by atoms with van der Waals surface area (Å²) in [6.45, 7) is 8.08. The number of carbonyl (C=O) groups is 2. The number of nitrogens with zero attached hydrogens (tertiary/aromatic N) is 1. The maximum Gasteiger partial charge on any atom is 0.260 e. The number of benzene rings is 1. The van der Waals surface area contributed by atoms with Crippen LogP contribution in [0.1, 0.15) is 27.7 Å². The molecule has 0 aliphatic carbocycles. The summed E-state index contributed by atoms with van der Waals surface area (Å²) >= 11 is 8.85. The van der Waals surface area contributed by atoms with Gasteiger partial charge in [0.2, 0.25) is 5.91 Å². The Morgan fingerprint density at radius 3 is 2.45 bits per heavy atom. The molecule has 2 rings (SSSR count). The van der Waals surface area contributed by atoms with E-state index in [0.29, 0.717) is 11.4 Å². The zero-order valence-corrected chi connectivity index (χ0v) is 15.6. The second-order valence-electron chi connectivity index (χ2n) is 3.76. The minimum absolute atomic E-state index is 0.0789. The lowest BCUT2D eigenvalue weighted by Crippen LogP contribution is -2.49. The number of halogens is 2. The van der Waals surface area contributed by atoms with Crippen LogP contribution in [0.3, 0.4) is 0 Å². The van der Waals surface area contributed by atoms with E-state index in [1.54, 1.807) is 18.2 Å².